The first kappa shape index (κ1) is 75.6. The maximum atomic E-state index is 11.4. The number of hydrogen-bond donors (Lipinski definition) is 24. The second-order valence-electron chi connectivity index (χ2n) is 22.5. The normalized spacial score (nSPS) is 54.2. The summed E-state index contributed by atoms with van der Waals surface area (Å²) in [4.78, 5) is 0. The van der Waals surface area contributed by atoms with E-state index >= 15 is 0 Å². The van der Waals surface area contributed by atoms with E-state index in [9.17, 15) is 123 Å². The summed E-state index contributed by atoms with van der Waals surface area (Å²) in [5, 5.41) is 265. The SMILES string of the molecule is II.OCC1OC2OC3C(CO)OC(OC4C(CO)OC(OC5C(CO)OC(OC6C(CO)OC(OC7C(CO)OC(OC8C(CO)OC(OC9C(CO)OC(OC1C(O)C2O)C(O)C9O)C(O)C8O)C(O)C7O)C(O)C6O)C(O)C5O)C(O)C4O)C(O)C3O. The van der Waals surface area contributed by atoms with Crippen molar-refractivity contribution in [3.63, 3.8) is 0 Å². The van der Waals surface area contributed by atoms with Gasteiger partial charge in [0.2, 0.25) is 0 Å². The van der Waals surface area contributed by atoms with E-state index in [1.54, 1.807) is 0 Å². The molecule has 42 heteroatoms. The predicted molar refractivity (Wildman–Crippen MR) is 289 cm³/mol. The molecule has 90 heavy (non-hydrogen) atoms. The van der Waals surface area contributed by atoms with Crippen LogP contribution in [0.15, 0.2) is 0 Å². The summed E-state index contributed by atoms with van der Waals surface area (Å²) in [6.07, 6.45) is -82.0. The fraction of sp³-hybridized carbons (Fsp3) is 1.00. The Morgan fingerprint density at radius 1 is 0.156 bits per heavy atom. The van der Waals surface area contributed by atoms with E-state index in [-0.39, 0.29) is 0 Å². The van der Waals surface area contributed by atoms with E-state index < -0.39 is 299 Å². The number of ether oxygens (including phenoxy) is 16. The van der Waals surface area contributed by atoms with E-state index in [0.29, 0.717) is 0 Å². The van der Waals surface area contributed by atoms with Crippen LogP contribution < -0.4 is 0 Å². The van der Waals surface area contributed by atoms with Crippen molar-refractivity contribution in [3.05, 3.63) is 0 Å². The van der Waals surface area contributed by atoms with E-state index in [1.165, 1.54) is 0 Å². The lowest BCUT2D eigenvalue weighted by Gasteiger charge is -2.50. The van der Waals surface area contributed by atoms with E-state index in [2.05, 4.69) is 37.2 Å². The van der Waals surface area contributed by atoms with Crippen molar-refractivity contribution in [2.75, 3.05) is 52.9 Å². The standard InChI is InChI=1S/C48H80O40.I2/c49-1-9-33-17(57)25(65)41(73-9)82-34-10(2-50)75-43(27(67)19(34)59)84-36-12(4-52)77-45(29(69)21(36)61)86-38-14(6-54)79-47(31(71)23(38)63)88-40-16(8-56)80-48(32(72)24(40)64)87-39-15(7-55)78-46(30(70)22(39)62)85-37-13(5-53)76-44(28(68)20(37)60)83-35-11(3-51)74-42(81-33)26(66)18(35)58;1-2/h9-72H,1-8H2;. The van der Waals surface area contributed by atoms with Crippen molar-refractivity contribution in [2.45, 2.75) is 246 Å². The van der Waals surface area contributed by atoms with Gasteiger partial charge in [0, 0.05) is 37.2 Å². The number of halogens is 2. The van der Waals surface area contributed by atoms with E-state index in [1.807, 2.05) is 0 Å². The van der Waals surface area contributed by atoms with Gasteiger partial charge in [-0.25, -0.2) is 0 Å². The molecule has 24 N–H and O–H groups in total. The smallest absolute Gasteiger partial charge is 0.187 e. The zero-order chi connectivity index (χ0) is 66.1. The zero-order valence-electron chi connectivity index (χ0n) is 46.8. The van der Waals surface area contributed by atoms with Crippen LogP contribution >= 0.6 is 37.2 Å². The molecule has 526 valence electrons. The van der Waals surface area contributed by atoms with Crippen LogP contribution in [0, 0.1) is 0 Å². The first-order valence-electron chi connectivity index (χ1n) is 28.3. The molecule has 30 aliphatic rings. The highest BCUT2D eigenvalue weighted by Crippen LogP contribution is 2.40. The third-order valence-electron chi connectivity index (χ3n) is 16.9. The first-order valence-corrected chi connectivity index (χ1v) is 34.6. The van der Waals surface area contributed by atoms with E-state index in [4.69, 9.17) is 75.8 Å². The third kappa shape index (κ3) is 15.3. The van der Waals surface area contributed by atoms with Gasteiger partial charge in [0.05, 0.1) is 52.9 Å². The molecule has 30 rings (SSSR count). The molecule has 0 aromatic heterocycles. The summed E-state index contributed by atoms with van der Waals surface area (Å²) in [5.74, 6) is 0. The molecule has 30 aliphatic heterocycles. The Labute approximate surface area is 531 Å². The molecule has 40 atom stereocenters. The highest BCUT2D eigenvalue weighted by Gasteiger charge is 2.60. The van der Waals surface area contributed by atoms with Gasteiger partial charge in [-0.15, -0.1) is 0 Å². The Balaban J connectivity index is 0.00000517. The van der Waals surface area contributed by atoms with Crippen LogP contribution in [0.4, 0.5) is 0 Å². The summed E-state index contributed by atoms with van der Waals surface area (Å²) in [5.41, 5.74) is 0. The highest BCUT2D eigenvalue weighted by atomic mass is 128. The van der Waals surface area contributed by atoms with Crippen LogP contribution in [-0.2, 0) is 75.8 Å². The maximum absolute atomic E-state index is 11.4. The van der Waals surface area contributed by atoms with Gasteiger partial charge in [0.1, 0.15) is 195 Å². The molecule has 16 bridgehead atoms. The summed E-state index contributed by atoms with van der Waals surface area (Å²) < 4.78 is 91.1. The second-order valence-corrected chi connectivity index (χ2v) is 22.5. The lowest BCUT2D eigenvalue weighted by atomic mass is 9.94. The third-order valence-corrected chi connectivity index (χ3v) is 16.9. The minimum atomic E-state index is -2.25. The van der Waals surface area contributed by atoms with Gasteiger partial charge in [0.15, 0.2) is 50.3 Å². The Morgan fingerprint density at radius 3 is 0.322 bits per heavy atom. The van der Waals surface area contributed by atoms with Crippen LogP contribution in [0.3, 0.4) is 0 Å². The van der Waals surface area contributed by atoms with Crippen molar-refractivity contribution in [1.29, 1.82) is 0 Å². The summed E-state index contributed by atoms with van der Waals surface area (Å²) in [7, 11) is 0. The summed E-state index contributed by atoms with van der Waals surface area (Å²) in [6.45, 7) is -8.64. The number of hydrogen-bond acceptors (Lipinski definition) is 40. The molecule has 0 radical (unpaired) electrons. The average Bonchev–Trinajstić information content (AvgIpc) is 0.861. The topological polar surface area (TPSA) is 633 Å². The van der Waals surface area contributed by atoms with Crippen molar-refractivity contribution in [2.24, 2.45) is 0 Å². The second kappa shape index (κ2) is 33.1. The molecule has 0 aromatic rings. The number of rotatable bonds is 8. The predicted octanol–water partition coefficient (Wildman–Crippen LogP) is -15.6. The van der Waals surface area contributed by atoms with Crippen LogP contribution in [0.2, 0.25) is 0 Å². The van der Waals surface area contributed by atoms with Gasteiger partial charge in [-0.3, -0.25) is 0 Å². The average molecular weight is 1550 g/mol. The highest BCUT2D eigenvalue weighted by molar-refractivity contribution is 15.0. The van der Waals surface area contributed by atoms with Gasteiger partial charge < -0.3 is 198 Å². The molecule has 0 aromatic carbocycles. The van der Waals surface area contributed by atoms with Crippen molar-refractivity contribution in [1.82, 2.24) is 0 Å². The Kier molecular flexibility index (Phi) is 27.9. The molecule has 30 heterocycles. The van der Waals surface area contributed by atoms with Crippen molar-refractivity contribution >= 4 is 37.2 Å². The van der Waals surface area contributed by atoms with Crippen molar-refractivity contribution in [3.8, 4) is 0 Å². The molecule has 0 saturated carbocycles. The quantitative estimate of drug-likeness (QED) is 0.100. The minimum Gasteiger partial charge on any atom is -0.394 e. The zero-order valence-corrected chi connectivity index (χ0v) is 51.1. The molecule has 30 saturated heterocycles. The fourth-order valence-corrected chi connectivity index (χ4v) is 11.9. The Morgan fingerprint density at radius 2 is 0.244 bits per heavy atom. The lowest BCUT2D eigenvalue weighted by molar-refractivity contribution is -0.404. The number of aliphatic hydroxyl groups is 24. The first-order chi connectivity index (χ1) is 42.9. The maximum Gasteiger partial charge on any atom is 0.187 e. The largest absolute Gasteiger partial charge is 0.394 e. The van der Waals surface area contributed by atoms with Gasteiger partial charge in [-0.2, -0.15) is 0 Å². The van der Waals surface area contributed by atoms with Gasteiger partial charge in [-0.1, -0.05) is 0 Å². The van der Waals surface area contributed by atoms with Crippen LogP contribution in [-0.4, -0.2) is 421 Å². The van der Waals surface area contributed by atoms with Gasteiger partial charge in [0.25, 0.3) is 0 Å². The summed E-state index contributed by atoms with van der Waals surface area (Å²) in [6, 6.07) is 0. The molecule has 40 unspecified atom stereocenters. The molecule has 40 nitrogen and oxygen atoms in total. The molecule has 0 aliphatic carbocycles. The summed E-state index contributed by atoms with van der Waals surface area (Å²) >= 11 is 4.24. The molecule has 0 amide bonds. The monoisotopic (exact) mass is 1550 g/mol. The van der Waals surface area contributed by atoms with Crippen LogP contribution in [0.5, 0.6) is 0 Å². The van der Waals surface area contributed by atoms with Crippen LogP contribution in [0.25, 0.3) is 0 Å². The van der Waals surface area contributed by atoms with Gasteiger partial charge >= 0.3 is 0 Å². The Hall–Kier alpha value is -0.140. The molecule has 0 spiro atoms. The number of aliphatic hydroxyl groups excluding tert-OH is 24. The van der Waals surface area contributed by atoms with Gasteiger partial charge in [-0.05, 0) is 0 Å². The van der Waals surface area contributed by atoms with E-state index in [0.717, 1.165) is 0 Å². The fourth-order valence-electron chi connectivity index (χ4n) is 11.9. The molecular weight excluding hydrogens is 1470 g/mol. The molecule has 30 fully saturated rings. The Bertz CT molecular complexity index is 1720. The lowest BCUT2D eigenvalue weighted by Crippen LogP contribution is -2.69. The minimum absolute atomic E-state index is 1.08. The van der Waals surface area contributed by atoms with Crippen molar-refractivity contribution < 1.29 is 198 Å². The molecular formula is C48H80I2O40. The van der Waals surface area contributed by atoms with Crippen LogP contribution in [0.1, 0.15) is 0 Å².